The van der Waals surface area contributed by atoms with Gasteiger partial charge in [-0.05, 0) is 60.0 Å². The van der Waals surface area contributed by atoms with Crippen molar-refractivity contribution in [2.45, 2.75) is 30.0 Å². The Kier molecular flexibility index (Phi) is 8.24. The Morgan fingerprint density at radius 1 is 1.00 bits per heavy atom. The lowest BCUT2D eigenvalue weighted by atomic mass is 10.2. The maximum atomic E-state index is 12.5. The number of rotatable bonds is 10. The molecule has 0 bridgehead atoms. The van der Waals surface area contributed by atoms with Crippen molar-refractivity contribution in [1.82, 2.24) is 20.0 Å². The van der Waals surface area contributed by atoms with Crippen LogP contribution in [0.3, 0.4) is 0 Å². The molecule has 0 spiro atoms. The lowest BCUT2D eigenvalue weighted by Gasteiger charge is -2.11. The predicted octanol–water partition coefficient (Wildman–Crippen LogP) is 5.75. The maximum absolute atomic E-state index is 12.5. The quantitative estimate of drug-likeness (QED) is 0.251. The summed E-state index contributed by atoms with van der Waals surface area (Å²) >= 11 is -3.05. The van der Waals surface area contributed by atoms with E-state index in [1.54, 1.807) is 23.0 Å². The largest absolute Gasteiger partial charge is 0.604 e. The van der Waals surface area contributed by atoms with Crippen molar-refractivity contribution in [1.29, 1.82) is 0 Å². The molecule has 11 heteroatoms. The zero-order valence-electron chi connectivity index (χ0n) is 18.8. The number of oxazole rings is 1. The Balaban J connectivity index is 1.24. The monoisotopic (exact) mass is 514 g/mol. The van der Waals surface area contributed by atoms with Gasteiger partial charge in [0.15, 0.2) is 4.90 Å². The maximum Gasteiger partial charge on any atom is 0.578 e. The number of nitrogens with zero attached hydrogens (tertiary/aromatic N) is 4. The summed E-state index contributed by atoms with van der Waals surface area (Å²) in [5, 5.41) is 7.69. The summed E-state index contributed by atoms with van der Waals surface area (Å²) in [6.07, 6.45) is 13.1. The number of ether oxygens (including phenoxy) is 1. The van der Waals surface area contributed by atoms with Crippen molar-refractivity contribution < 1.29 is 26.9 Å². The van der Waals surface area contributed by atoms with E-state index in [-0.39, 0.29) is 11.5 Å². The van der Waals surface area contributed by atoms with Gasteiger partial charge < -0.3 is 13.7 Å². The summed E-state index contributed by atoms with van der Waals surface area (Å²) in [5.41, 5.74) is -2.54. The number of aromatic nitrogens is 4. The summed E-state index contributed by atoms with van der Waals surface area (Å²) in [4.78, 5) is 4.01. The number of aryl methyl sites for hydroxylation is 1. The zero-order valence-corrected chi connectivity index (χ0v) is 19.7. The molecule has 4 aromatic rings. The van der Waals surface area contributed by atoms with E-state index < -0.39 is 16.7 Å². The van der Waals surface area contributed by atoms with Gasteiger partial charge in [0.05, 0.1) is 17.4 Å². The summed E-state index contributed by atoms with van der Waals surface area (Å²) in [7, 11) is 0. The first-order valence-corrected chi connectivity index (χ1v) is 12.0. The van der Waals surface area contributed by atoms with Crippen LogP contribution in [-0.4, -0.2) is 30.0 Å². The van der Waals surface area contributed by atoms with Gasteiger partial charge in [0.25, 0.3) is 0 Å². The first kappa shape index (κ1) is 25.3. The van der Waals surface area contributed by atoms with Crippen molar-refractivity contribution in [3.63, 3.8) is 0 Å². The fourth-order valence-electron chi connectivity index (χ4n) is 3.08. The summed E-state index contributed by atoms with van der Waals surface area (Å²) in [5.74, 6) is 1.01. The third-order valence-corrected chi connectivity index (χ3v) is 5.99. The van der Waals surface area contributed by atoms with E-state index in [0.717, 1.165) is 18.5 Å². The van der Waals surface area contributed by atoms with E-state index in [2.05, 4.69) is 21.4 Å². The van der Waals surface area contributed by atoms with Gasteiger partial charge in [0.1, 0.15) is 24.3 Å². The highest BCUT2D eigenvalue weighted by molar-refractivity contribution is 7.92. The van der Waals surface area contributed by atoms with E-state index in [1.165, 1.54) is 30.5 Å². The lowest BCUT2D eigenvalue weighted by molar-refractivity contribution is -0.0435. The van der Waals surface area contributed by atoms with Crippen LogP contribution < -0.4 is 4.74 Å². The van der Waals surface area contributed by atoms with E-state index in [4.69, 9.17) is 9.15 Å². The van der Waals surface area contributed by atoms with Crippen LogP contribution >= 0.6 is 0 Å². The van der Waals surface area contributed by atoms with E-state index in [0.29, 0.717) is 22.9 Å². The highest BCUT2D eigenvalue weighted by Crippen LogP contribution is 2.30. The highest BCUT2D eigenvalue weighted by atomic mass is 32.2. The SMILES string of the molecule is [O-][S+](c1ccc(/C=C/c2nc(COc3ccc(/C=C/CCn4ccnn4)cc3)co2)cc1)C(F)(F)F. The van der Waals surface area contributed by atoms with Crippen molar-refractivity contribution >= 4 is 29.4 Å². The molecule has 0 fully saturated rings. The number of allylic oxidation sites excluding steroid dienone is 1. The van der Waals surface area contributed by atoms with E-state index in [1.807, 2.05) is 36.5 Å². The minimum Gasteiger partial charge on any atom is -0.604 e. The molecular formula is C25H21F3N4O3S. The minimum absolute atomic E-state index is 0.211. The van der Waals surface area contributed by atoms with Crippen LogP contribution in [0.2, 0.25) is 0 Å². The fourth-order valence-corrected chi connectivity index (χ4v) is 3.73. The third-order valence-electron chi connectivity index (χ3n) is 4.87. The molecule has 0 saturated carbocycles. The van der Waals surface area contributed by atoms with Gasteiger partial charge >= 0.3 is 5.51 Å². The van der Waals surface area contributed by atoms with Crippen LogP contribution in [0.1, 0.15) is 29.1 Å². The van der Waals surface area contributed by atoms with Crippen molar-refractivity contribution in [3.8, 4) is 5.75 Å². The molecule has 1 unspecified atom stereocenters. The van der Waals surface area contributed by atoms with Crippen LogP contribution in [-0.2, 0) is 24.3 Å². The molecule has 2 heterocycles. The summed E-state index contributed by atoms with van der Waals surface area (Å²) in [6.45, 7) is 0.978. The molecule has 0 radical (unpaired) electrons. The number of hydrogen-bond acceptors (Lipinski definition) is 6. The Hall–Kier alpha value is -3.83. The molecule has 0 aliphatic rings. The smallest absolute Gasteiger partial charge is 0.578 e. The zero-order chi connectivity index (χ0) is 25.4. The molecule has 0 saturated heterocycles. The molecule has 0 aliphatic heterocycles. The number of halogens is 3. The van der Waals surface area contributed by atoms with Crippen LogP contribution in [0.4, 0.5) is 13.2 Å². The summed E-state index contributed by atoms with van der Waals surface area (Å²) in [6, 6.07) is 12.9. The Morgan fingerprint density at radius 2 is 1.72 bits per heavy atom. The van der Waals surface area contributed by atoms with Crippen molar-refractivity contribution in [2.75, 3.05) is 0 Å². The Labute approximate surface area is 208 Å². The average Bonchev–Trinajstić information content (AvgIpc) is 3.56. The molecule has 0 aliphatic carbocycles. The first-order valence-electron chi connectivity index (χ1n) is 10.8. The van der Waals surface area contributed by atoms with Gasteiger partial charge in [0, 0.05) is 18.8 Å². The molecule has 0 amide bonds. The average molecular weight is 515 g/mol. The van der Waals surface area contributed by atoms with Gasteiger partial charge in [-0.2, -0.15) is 0 Å². The Morgan fingerprint density at radius 3 is 2.42 bits per heavy atom. The second-order valence-electron chi connectivity index (χ2n) is 7.51. The van der Waals surface area contributed by atoms with Crippen molar-refractivity contribution in [3.05, 3.63) is 96.0 Å². The molecule has 2 aromatic heterocycles. The second-order valence-corrected chi connectivity index (χ2v) is 8.98. The van der Waals surface area contributed by atoms with E-state index >= 15 is 0 Å². The lowest BCUT2D eigenvalue weighted by Crippen LogP contribution is -2.23. The van der Waals surface area contributed by atoms with Gasteiger partial charge in [-0.3, -0.25) is 4.68 Å². The van der Waals surface area contributed by atoms with Crippen LogP contribution in [0.15, 0.2) is 82.6 Å². The molecular weight excluding hydrogens is 493 g/mol. The second kappa shape index (κ2) is 11.7. The van der Waals surface area contributed by atoms with Gasteiger partial charge in [0.2, 0.25) is 5.89 Å². The minimum atomic E-state index is -4.79. The van der Waals surface area contributed by atoms with Crippen LogP contribution in [0.25, 0.3) is 18.2 Å². The molecule has 186 valence electrons. The molecule has 2 aromatic carbocycles. The predicted molar refractivity (Wildman–Crippen MR) is 129 cm³/mol. The van der Waals surface area contributed by atoms with Gasteiger partial charge in [-0.25, -0.2) is 4.98 Å². The van der Waals surface area contributed by atoms with Crippen molar-refractivity contribution in [2.24, 2.45) is 0 Å². The molecule has 7 nitrogen and oxygen atoms in total. The molecule has 4 rings (SSSR count). The number of benzene rings is 2. The van der Waals surface area contributed by atoms with Gasteiger partial charge in [-0.15, -0.1) is 18.3 Å². The fraction of sp³-hybridized carbons (Fsp3) is 0.160. The Bertz CT molecular complexity index is 1290. The molecule has 0 N–H and O–H groups in total. The van der Waals surface area contributed by atoms with Gasteiger partial charge in [-0.1, -0.05) is 29.5 Å². The molecule has 1 atom stereocenters. The number of alkyl halides is 3. The summed E-state index contributed by atoms with van der Waals surface area (Å²) < 4.78 is 61.9. The van der Waals surface area contributed by atoms with E-state index in [9.17, 15) is 17.7 Å². The third kappa shape index (κ3) is 7.33. The van der Waals surface area contributed by atoms with Crippen LogP contribution in [0.5, 0.6) is 5.75 Å². The first-order chi connectivity index (χ1) is 17.4. The topological polar surface area (TPSA) is 89.0 Å². The molecule has 36 heavy (non-hydrogen) atoms. The number of hydrogen-bond donors (Lipinski definition) is 0. The van der Waals surface area contributed by atoms with Crippen LogP contribution in [0, 0.1) is 0 Å². The normalized spacial score (nSPS) is 13.0. The highest BCUT2D eigenvalue weighted by Gasteiger charge is 2.45. The standard InChI is InChI=1S/C25H21F3N4O3S/c26-25(27,28)36(33)23-11-6-20(7-12-23)8-13-24-30-21(18-35-24)17-34-22-9-4-19(5-10-22)3-1-2-15-32-16-14-29-31-32/h1,3-14,16,18H,2,15,17H2/b3-1+,13-8+.